The summed E-state index contributed by atoms with van der Waals surface area (Å²) in [6.07, 6.45) is 0.510. The van der Waals surface area contributed by atoms with E-state index in [1.807, 2.05) is 30.3 Å². The lowest BCUT2D eigenvalue weighted by atomic mass is 10.1. The maximum atomic E-state index is 13.3. The van der Waals surface area contributed by atoms with E-state index in [2.05, 4.69) is 25.7 Å². The number of aromatic nitrogens is 6. The fourth-order valence-corrected chi connectivity index (χ4v) is 2.84. The average molecular weight is 429 g/mol. The molecule has 0 aliphatic carbocycles. The normalized spacial score (nSPS) is 10.9. The first-order valence-corrected chi connectivity index (χ1v) is 9.04. The molecule has 2 N–H and O–H groups in total. The molecule has 0 bridgehead atoms. The number of hydrogen-bond acceptors (Lipinski definition) is 8. The van der Waals surface area contributed by atoms with Crippen LogP contribution in [0.4, 0.5) is 10.1 Å². The summed E-state index contributed by atoms with van der Waals surface area (Å²) < 4.78 is 18.1. The Morgan fingerprint density at radius 1 is 1.20 bits per heavy atom. The van der Waals surface area contributed by atoms with Crippen LogP contribution in [-0.4, -0.2) is 41.6 Å². The van der Waals surface area contributed by atoms with Crippen molar-refractivity contribution in [1.82, 2.24) is 30.5 Å². The number of nitrogens with one attached hydrogen (secondary N) is 1. The molecule has 12 heteroatoms. The van der Waals surface area contributed by atoms with Gasteiger partial charge in [0.05, 0.1) is 10.7 Å². The molecule has 0 atom stereocenters. The molecule has 0 fully saturated rings. The van der Waals surface area contributed by atoms with Crippen molar-refractivity contribution in [2.24, 2.45) is 0 Å². The summed E-state index contributed by atoms with van der Waals surface area (Å²) in [5.41, 5.74) is 1.27. The Morgan fingerprint density at radius 2 is 2.00 bits per heavy atom. The highest BCUT2D eigenvalue weighted by Crippen LogP contribution is 2.23. The summed E-state index contributed by atoms with van der Waals surface area (Å²) in [5, 5.41) is 38.5. The molecule has 0 radical (unpaired) electrons. The first-order valence-electron chi connectivity index (χ1n) is 8.66. The highest BCUT2D eigenvalue weighted by atomic mass is 35.5. The van der Waals surface area contributed by atoms with Crippen LogP contribution in [0.2, 0.25) is 5.02 Å². The second-order valence-corrected chi connectivity index (χ2v) is 6.62. The fourth-order valence-electron chi connectivity index (χ4n) is 2.66. The lowest BCUT2D eigenvalue weighted by Crippen LogP contribution is -2.28. The SMILES string of the molecule is N=C(c1nonc1Cn1nnc(Cc2ccccc2)n1)N(O)c1ccc(F)c(Cl)c1. The van der Waals surface area contributed by atoms with Crippen LogP contribution < -0.4 is 5.06 Å². The summed E-state index contributed by atoms with van der Waals surface area (Å²) in [6.45, 7) is 0.0149. The van der Waals surface area contributed by atoms with Crippen molar-refractivity contribution in [1.29, 1.82) is 5.41 Å². The van der Waals surface area contributed by atoms with Gasteiger partial charge in [0.15, 0.2) is 17.4 Å². The highest BCUT2D eigenvalue weighted by Gasteiger charge is 2.22. The molecule has 30 heavy (non-hydrogen) atoms. The van der Waals surface area contributed by atoms with E-state index in [-0.39, 0.29) is 28.6 Å². The highest BCUT2D eigenvalue weighted by molar-refractivity contribution is 6.31. The molecule has 4 rings (SSSR count). The van der Waals surface area contributed by atoms with Gasteiger partial charge in [-0.3, -0.25) is 10.6 Å². The maximum Gasteiger partial charge on any atom is 0.182 e. The molecule has 0 saturated heterocycles. The molecule has 0 aliphatic rings. The lowest BCUT2D eigenvalue weighted by Gasteiger charge is -2.16. The van der Waals surface area contributed by atoms with Gasteiger partial charge >= 0.3 is 0 Å². The molecule has 0 amide bonds. The van der Waals surface area contributed by atoms with Crippen molar-refractivity contribution in [3.63, 3.8) is 0 Å². The summed E-state index contributed by atoms with van der Waals surface area (Å²) in [6, 6.07) is 13.2. The molecule has 2 aromatic carbocycles. The molecular weight excluding hydrogens is 415 g/mol. The predicted molar refractivity (Wildman–Crippen MR) is 103 cm³/mol. The Hall–Kier alpha value is -3.70. The minimum atomic E-state index is -0.646. The van der Waals surface area contributed by atoms with E-state index in [1.54, 1.807) is 0 Å². The van der Waals surface area contributed by atoms with Gasteiger partial charge in [-0.2, -0.15) is 4.80 Å². The molecule has 2 heterocycles. The van der Waals surface area contributed by atoms with Gasteiger partial charge in [0.25, 0.3) is 0 Å². The van der Waals surface area contributed by atoms with E-state index < -0.39 is 11.7 Å². The average Bonchev–Trinajstić information content (AvgIpc) is 3.39. The molecule has 152 valence electrons. The molecule has 4 aromatic rings. The van der Waals surface area contributed by atoms with E-state index >= 15 is 0 Å². The van der Waals surface area contributed by atoms with Crippen molar-refractivity contribution < 1.29 is 14.2 Å². The van der Waals surface area contributed by atoms with Crippen molar-refractivity contribution in [3.8, 4) is 0 Å². The summed E-state index contributed by atoms with van der Waals surface area (Å²) >= 11 is 5.73. The number of amidine groups is 1. The molecule has 0 aliphatic heterocycles. The van der Waals surface area contributed by atoms with Crippen molar-refractivity contribution in [3.05, 3.63) is 82.1 Å². The van der Waals surface area contributed by atoms with Gasteiger partial charge in [0.2, 0.25) is 0 Å². The van der Waals surface area contributed by atoms with Gasteiger partial charge in [-0.15, -0.1) is 10.2 Å². The van der Waals surface area contributed by atoms with Crippen LogP contribution in [0.15, 0.2) is 53.2 Å². The fraction of sp³-hybridized carbons (Fsp3) is 0.111. The molecule has 0 saturated carbocycles. The van der Waals surface area contributed by atoms with Crippen molar-refractivity contribution >= 4 is 23.1 Å². The van der Waals surface area contributed by atoms with Crippen LogP contribution >= 0.6 is 11.6 Å². The monoisotopic (exact) mass is 428 g/mol. The number of nitrogens with zero attached hydrogens (tertiary/aromatic N) is 7. The summed E-state index contributed by atoms with van der Waals surface area (Å²) in [5.74, 6) is -0.578. The zero-order valence-electron chi connectivity index (χ0n) is 15.3. The topological polar surface area (TPSA) is 130 Å². The van der Waals surface area contributed by atoms with Crippen LogP contribution in [0.5, 0.6) is 0 Å². The zero-order valence-corrected chi connectivity index (χ0v) is 16.0. The van der Waals surface area contributed by atoms with Gasteiger partial charge in [0.1, 0.15) is 18.1 Å². The van der Waals surface area contributed by atoms with Gasteiger partial charge in [-0.25, -0.2) is 14.1 Å². The van der Waals surface area contributed by atoms with Crippen LogP contribution in [-0.2, 0) is 13.0 Å². The second-order valence-electron chi connectivity index (χ2n) is 6.22. The lowest BCUT2D eigenvalue weighted by molar-refractivity contribution is 0.296. The molecular formula is C18H14ClFN8O2. The number of hydroxylamine groups is 1. The Morgan fingerprint density at radius 3 is 2.77 bits per heavy atom. The second kappa shape index (κ2) is 8.35. The largest absolute Gasteiger partial charge is 0.282 e. The Balaban J connectivity index is 1.49. The molecule has 0 spiro atoms. The predicted octanol–water partition coefficient (Wildman–Crippen LogP) is 2.71. The summed E-state index contributed by atoms with van der Waals surface area (Å²) in [7, 11) is 0. The van der Waals surface area contributed by atoms with Crippen molar-refractivity contribution in [2.75, 3.05) is 5.06 Å². The van der Waals surface area contributed by atoms with Gasteiger partial charge in [-0.05, 0) is 34.1 Å². The van der Waals surface area contributed by atoms with E-state index in [9.17, 15) is 9.60 Å². The quantitative estimate of drug-likeness (QED) is 0.272. The first-order chi connectivity index (χ1) is 14.5. The number of rotatable bonds is 6. The van der Waals surface area contributed by atoms with Crippen LogP contribution in [0.3, 0.4) is 0 Å². The van der Waals surface area contributed by atoms with E-state index in [0.29, 0.717) is 17.3 Å². The van der Waals surface area contributed by atoms with Gasteiger partial charge < -0.3 is 0 Å². The number of hydrogen-bond donors (Lipinski definition) is 2. The standard InChI is InChI=1S/C18H14ClFN8O2/c19-13-9-12(6-7-14(13)20)28(29)18(21)17-15(24-30-25-17)10-27-23-16(22-26-27)8-11-4-2-1-3-5-11/h1-7,9,21,29H,8,10H2. The van der Waals surface area contributed by atoms with Gasteiger partial charge in [0, 0.05) is 6.42 Å². The third-order valence-electron chi connectivity index (χ3n) is 4.13. The summed E-state index contributed by atoms with van der Waals surface area (Å²) in [4.78, 5) is 1.28. The third kappa shape index (κ3) is 4.16. The van der Waals surface area contributed by atoms with Crippen LogP contribution in [0, 0.1) is 11.2 Å². The minimum Gasteiger partial charge on any atom is -0.282 e. The first kappa shape index (κ1) is 19.6. The zero-order chi connectivity index (χ0) is 21.1. The van der Waals surface area contributed by atoms with E-state index in [1.165, 1.54) is 16.9 Å². The maximum absolute atomic E-state index is 13.3. The number of halogens is 2. The third-order valence-corrected chi connectivity index (χ3v) is 4.42. The Bertz CT molecular complexity index is 1180. The number of anilines is 1. The molecule has 2 aromatic heterocycles. The molecule has 0 unspecified atom stereocenters. The van der Waals surface area contributed by atoms with Crippen LogP contribution in [0.1, 0.15) is 22.8 Å². The Kier molecular flexibility index (Phi) is 5.46. The van der Waals surface area contributed by atoms with Crippen LogP contribution in [0.25, 0.3) is 0 Å². The van der Waals surface area contributed by atoms with E-state index in [0.717, 1.165) is 11.6 Å². The number of tetrazole rings is 1. The number of benzene rings is 2. The van der Waals surface area contributed by atoms with E-state index in [4.69, 9.17) is 21.6 Å². The Labute approximate surface area is 173 Å². The smallest absolute Gasteiger partial charge is 0.182 e. The van der Waals surface area contributed by atoms with Gasteiger partial charge in [-0.1, -0.05) is 47.1 Å². The molecule has 10 nitrogen and oxygen atoms in total. The minimum absolute atomic E-state index is 0.0149. The van der Waals surface area contributed by atoms with Crippen molar-refractivity contribution in [2.45, 2.75) is 13.0 Å².